The minimum atomic E-state index is -0.126. The standard InChI is InChI=1S/C11H14Cl2N2O/c1-3-15(2)11(16)14-7-8-5-4-6-9(12)10(8)13/h4-6H,3,7H2,1-2H3,(H,14,16). The summed E-state index contributed by atoms with van der Waals surface area (Å²) in [5.74, 6) is 0. The smallest absolute Gasteiger partial charge is 0.317 e. The number of urea groups is 1. The van der Waals surface area contributed by atoms with Crippen molar-refractivity contribution in [2.45, 2.75) is 13.5 Å². The second-order valence-corrected chi connectivity index (χ2v) is 4.17. The highest BCUT2D eigenvalue weighted by Crippen LogP contribution is 2.25. The summed E-state index contributed by atoms with van der Waals surface area (Å²) in [6.07, 6.45) is 0. The number of hydrogen-bond donors (Lipinski definition) is 1. The van der Waals surface area contributed by atoms with Gasteiger partial charge < -0.3 is 10.2 Å². The van der Waals surface area contributed by atoms with E-state index in [9.17, 15) is 4.79 Å². The highest BCUT2D eigenvalue weighted by Gasteiger charge is 2.08. The molecule has 0 atom stereocenters. The summed E-state index contributed by atoms with van der Waals surface area (Å²) in [7, 11) is 1.73. The molecule has 3 nitrogen and oxygen atoms in total. The number of carbonyl (C=O) groups is 1. The van der Waals surface area contributed by atoms with Gasteiger partial charge in [-0.1, -0.05) is 35.3 Å². The first kappa shape index (κ1) is 13.1. The van der Waals surface area contributed by atoms with E-state index in [1.807, 2.05) is 13.0 Å². The zero-order valence-electron chi connectivity index (χ0n) is 9.26. The summed E-state index contributed by atoms with van der Waals surface area (Å²) in [6, 6.07) is 5.23. The van der Waals surface area contributed by atoms with Gasteiger partial charge in [-0.25, -0.2) is 4.79 Å². The Hall–Kier alpha value is -0.930. The Labute approximate surface area is 105 Å². The third-order valence-corrected chi connectivity index (χ3v) is 3.14. The Kier molecular flexibility index (Phi) is 4.90. The normalized spacial score (nSPS) is 10.0. The molecule has 0 spiro atoms. The van der Waals surface area contributed by atoms with Gasteiger partial charge in [0.2, 0.25) is 0 Å². The molecule has 1 aromatic rings. The van der Waals surface area contributed by atoms with E-state index in [2.05, 4.69) is 5.32 Å². The average molecular weight is 261 g/mol. The molecule has 0 unspecified atom stereocenters. The van der Waals surface area contributed by atoms with Crippen LogP contribution in [0.25, 0.3) is 0 Å². The number of benzene rings is 1. The quantitative estimate of drug-likeness (QED) is 0.890. The van der Waals surface area contributed by atoms with Gasteiger partial charge in [-0.3, -0.25) is 0 Å². The molecule has 1 N–H and O–H groups in total. The van der Waals surface area contributed by atoms with Crippen molar-refractivity contribution in [2.24, 2.45) is 0 Å². The van der Waals surface area contributed by atoms with Crippen LogP contribution in [0.3, 0.4) is 0 Å². The maximum absolute atomic E-state index is 11.5. The molecule has 0 aliphatic carbocycles. The molecule has 1 rings (SSSR count). The summed E-state index contributed by atoms with van der Waals surface area (Å²) in [5, 5.41) is 3.75. The molecular weight excluding hydrogens is 247 g/mol. The van der Waals surface area contributed by atoms with Gasteiger partial charge in [0.15, 0.2) is 0 Å². The van der Waals surface area contributed by atoms with Crippen LogP contribution in [-0.2, 0) is 6.54 Å². The fourth-order valence-corrected chi connectivity index (χ4v) is 1.52. The average Bonchev–Trinajstić information content (AvgIpc) is 2.29. The molecule has 0 aliphatic heterocycles. The van der Waals surface area contributed by atoms with Gasteiger partial charge in [0.25, 0.3) is 0 Å². The van der Waals surface area contributed by atoms with Crippen molar-refractivity contribution in [3.63, 3.8) is 0 Å². The highest BCUT2D eigenvalue weighted by molar-refractivity contribution is 6.42. The molecule has 5 heteroatoms. The fraction of sp³-hybridized carbons (Fsp3) is 0.364. The molecule has 0 fully saturated rings. The summed E-state index contributed by atoms with van der Waals surface area (Å²) in [6.45, 7) is 2.95. The van der Waals surface area contributed by atoms with Gasteiger partial charge >= 0.3 is 6.03 Å². The Morgan fingerprint density at radius 1 is 1.44 bits per heavy atom. The summed E-state index contributed by atoms with van der Waals surface area (Å²) < 4.78 is 0. The third kappa shape index (κ3) is 3.29. The van der Waals surface area contributed by atoms with Gasteiger partial charge in [0.05, 0.1) is 10.0 Å². The minimum Gasteiger partial charge on any atom is -0.334 e. The number of carbonyl (C=O) groups excluding carboxylic acids is 1. The maximum Gasteiger partial charge on any atom is 0.317 e. The van der Waals surface area contributed by atoms with Crippen molar-refractivity contribution in [2.75, 3.05) is 13.6 Å². The molecule has 0 heterocycles. The Balaban J connectivity index is 2.61. The van der Waals surface area contributed by atoms with Gasteiger partial charge in [-0.05, 0) is 18.6 Å². The van der Waals surface area contributed by atoms with Crippen LogP contribution in [0.4, 0.5) is 4.79 Å². The topological polar surface area (TPSA) is 32.3 Å². The Morgan fingerprint density at radius 3 is 2.75 bits per heavy atom. The molecule has 1 aromatic carbocycles. The van der Waals surface area contributed by atoms with Crippen LogP contribution in [0.2, 0.25) is 10.0 Å². The Bertz CT molecular complexity index is 382. The van der Waals surface area contributed by atoms with Gasteiger partial charge in [0.1, 0.15) is 0 Å². The van der Waals surface area contributed by atoms with Crippen LogP contribution in [0.5, 0.6) is 0 Å². The summed E-state index contributed by atoms with van der Waals surface area (Å²) in [5.41, 5.74) is 0.812. The second-order valence-electron chi connectivity index (χ2n) is 3.39. The van der Waals surface area contributed by atoms with Gasteiger partial charge in [-0.15, -0.1) is 0 Å². The molecule has 88 valence electrons. The summed E-state index contributed by atoms with van der Waals surface area (Å²) in [4.78, 5) is 13.1. The van der Waals surface area contributed by atoms with Crippen molar-refractivity contribution in [1.82, 2.24) is 10.2 Å². The Morgan fingerprint density at radius 2 is 2.12 bits per heavy atom. The maximum atomic E-state index is 11.5. The third-order valence-electron chi connectivity index (χ3n) is 2.28. The molecule has 2 amide bonds. The van der Waals surface area contributed by atoms with E-state index in [-0.39, 0.29) is 6.03 Å². The van der Waals surface area contributed by atoms with Crippen molar-refractivity contribution in [3.8, 4) is 0 Å². The number of hydrogen-bond acceptors (Lipinski definition) is 1. The zero-order chi connectivity index (χ0) is 12.1. The van der Waals surface area contributed by atoms with Crippen molar-refractivity contribution in [3.05, 3.63) is 33.8 Å². The number of nitrogens with zero attached hydrogens (tertiary/aromatic N) is 1. The lowest BCUT2D eigenvalue weighted by Gasteiger charge is -2.16. The molecule has 0 radical (unpaired) electrons. The van der Waals surface area contributed by atoms with Crippen molar-refractivity contribution in [1.29, 1.82) is 0 Å². The first-order valence-electron chi connectivity index (χ1n) is 4.98. The lowest BCUT2D eigenvalue weighted by atomic mass is 10.2. The van der Waals surface area contributed by atoms with Gasteiger partial charge in [0, 0.05) is 20.1 Å². The van der Waals surface area contributed by atoms with Crippen LogP contribution in [0, 0.1) is 0 Å². The van der Waals surface area contributed by atoms with E-state index < -0.39 is 0 Å². The highest BCUT2D eigenvalue weighted by atomic mass is 35.5. The first-order valence-corrected chi connectivity index (χ1v) is 5.73. The molecule has 0 aliphatic rings. The molecular formula is C11H14Cl2N2O. The van der Waals surface area contributed by atoms with Crippen LogP contribution >= 0.6 is 23.2 Å². The minimum absolute atomic E-state index is 0.126. The largest absolute Gasteiger partial charge is 0.334 e. The zero-order valence-corrected chi connectivity index (χ0v) is 10.8. The van der Waals surface area contributed by atoms with Crippen molar-refractivity contribution >= 4 is 29.2 Å². The second kappa shape index (κ2) is 5.97. The van der Waals surface area contributed by atoms with Crippen LogP contribution in [0.1, 0.15) is 12.5 Å². The number of nitrogens with one attached hydrogen (secondary N) is 1. The fourth-order valence-electron chi connectivity index (χ4n) is 1.13. The van der Waals surface area contributed by atoms with E-state index in [1.54, 1.807) is 24.1 Å². The molecule has 0 aromatic heterocycles. The van der Waals surface area contributed by atoms with E-state index in [1.165, 1.54) is 0 Å². The lowest BCUT2D eigenvalue weighted by molar-refractivity contribution is 0.210. The van der Waals surface area contributed by atoms with E-state index in [4.69, 9.17) is 23.2 Å². The number of rotatable bonds is 3. The van der Waals surface area contributed by atoms with Crippen LogP contribution in [-0.4, -0.2) is 24.5 Å². The number of halogens is 2. The SMILES string of the molecule is CCN(C)C(=O)NCc1cccc(Cl)c1Cl. The van der Waals surface area contributed by atoms with Crippen LogP contribution in [0.15, 0.2) is 18.2 Å². The van der Waals surface area contributed by atoms with E-state index in [0.29, 0.717) is 23.1 Å². The predicted octanol–water partition coefficient (Wildman–Crippen LogP) is 3.15. The number of amides is 2. The van der Waals surface area contributed by atoms with Gasteiger partial charge in [-0.2, -0.15) is 0 Å². The predicted molar refractivity (Wildman–Crippen MR) is 67.0 cm³/mol. The molecule has 0 saturated heterocycles. The van der Waals surface area contributed by atoms with E-state index >= 15 is 0 Å². The molecule has 16 heavy (non-hydrogen) atoms. The monoisotopic (exact) mass is 260 g/mol. The van der Waals surface area contributed by atoms with E-state index in [0.717, 1.165) is 5.56 Å². The summed E-state index contributed by atoms with van der Waals surface area (Å²) >= 11 is 11.9. The lowest BCUT2D eigenvalue weighted by Crippen LogP contribution is -2.36. The van der Waals surface area contributed by atoms with Crippen molar-refractivity contribution < 1.29 is 4.79 Å². The molecule has 0 bridgehead atoms. The van der Waals surface area contributed by atoms with Crippen LogP contribution < -0.4 is 5.32 Å². The molecule has 0 saturated carbocycles. The first-order chi connectivity index (χ1) is 7.56.